The molecule has 0 aromatic carbocycles. The summed E-state index contributed by atoms with van der Waals surface area (Å²) in [6.07, 6.45) is 4.11. The Morgan fingerprint density at radius 1 is 1.32 bits per heavy atom. The van der Waals surface area contributed by atoms with Gasteiger partial charge in [-0.25, -0.2) is 19.9 Å². The number of nitrogens with zero attached hydrogens (tertiary/aromatic N) is 5. The van der Waals surface area contributed by atoms with Crippen LogP contribution in [0, 0.1) is 5.41 Å². The average molecular weight is 438 g/mol. The largest absolute Gasteiger partial charge is 0.373 e. The van der Waals surface area contributed by atoms with Gasteiger partial charge in [-0.1, -0.05) is 5.16 Å². The Labute approximate surface area is 180 Å². The number of imidazole rings is 1. The number of aromatic nitrogens is 6. The van der Waals surface area contributed by atoms with Crippen molar-refractivity contribution < 1.29 is 9.32 Å². The van der Waals surface area contributed by atoms with Gasteiger partial charge in [0.1, 0.15) is 35.0 Å². The summed E-state index contributed by atoms with van der Waals surface area (Å²) in [6.45, 7) is 1.77. The number of H-pyrrole nitrogens is 1. The van der Waals surface area contributed by atoms with Crippen molar-refractivity contribution in [3.63, 3.8) is 0 Å². The zero-order valence-corrected chi connectivity index (χ0v) is 17.3. The van der Waals surface area contributed by atoms with Gasteiger partial charge in [0.15, 0.2) is 16.7 Å². The second kappa shape index (κ2) is 8.71. The van der Waals surface area contributed by atoms with E-state index in [1.165, 1.54) is 23.7 Å². The molecule has 1 atom stereocenters. The average Bonchev–Trinajstić information content (AvgIpc) is 3.53. The Bertz CT molecular complexity index is 1200. The molecule has 158 valence electrons. The van der Waals surface area contributed by atoms with E-state index in [2.05, 4.69) is 46.0 Å². The van der Waals surface area contributed by atoms with Crippen LogP contribution in [-0.4, -0.2) is 49.2 Å². The van der Waals surface area contributed by atoms with Gasteiger partial charge in [-0.05, 0) is 6.92 Å². The molecule has 1 amide bonds. The number of nitrogens with one attached hydrogen (secondary N) is 5. The number of carbonyl (C=O) groups excluding carboxylic acids is 1. The Morgan fingerprint density at radius 3 is 2.90 bits per heavy atom. The van der Waals surface area contributed by atoms with E-state index in [1.54, 1.807) is 26.2 Å². The second-order valence-electron chi connectivity index (χ2n) is 6.30. The first-order valence-electron chi connectivity index (χ1n) is 9.12. The highest BCUT2D eigenvalue weighted by atomic mass is 32.1. The van der Waals surface area contributed by atoms with Gasteiger partial charge in [0, 0.05) is 37.0 Å². The van der Waals surface area contributed by atoms with Crippen molar-refractivity contribution in [2.24, 2.45) is 0 Å². The quantitative estimate of drug-likeness (QED) is 0.259. The number of hydrogen-bond donors (Lipinski definition) is 5. The predicted octanol–water partition coefficient (Wildman–Crippen LogP) is 2.59. The molecule has 4 aromatic rings. The zero-order valence-electron chi connectivity index (χ0n) is 16.5. The van der Waals surface area contributed by atoms with E-state index < -0.39 is 11.9 Å². The molecule has 4 rings (SSSR count). The van der Waals surface area contributed by atoms with Crippen LogP contribution in [0.4, 0.5) is 16.8 Å². The standard InChI is InChI=1S/C18H18N10O2S/c1-9(13-5-10(28-30-13)16-25-12(7-19)15(20-2)27-16)24-17(29)11-6-14(23-8-22-11)26-18-21-3-4-31-18/h3-9,19-20H,1-2H3,(H,24,29)(H,25,27)(H,21,22,23,26)/t9-/m1/s1. The molecule has 0 spiro atoms. The molecule has 31 heavy (non-hydrogen) atoms. The Hall–Kier alpha value is -4.13. The molecular formula is C18H18N10O2S. The highest BCUT2D eigenvalue weighted by Crippen LogP contribution is 2.23. The summed E-state index contributed by atoms with van der Waals surface area (Å²) in [4.78, 5) is 32.2. The van der Waals surface area contributed by atoms with Crippen molar-refractivity contribution in [3.05, 3.63) is 47.2 Å². The lowest BCUT2D eigenvalue weighted by Gasteiger charge is -2.10. The van der Waals surface area contributed by atoms with Crippen LogP contribution in [-0.2, 0) is 0 Å². The molecule has 0 saturated heterocycles. The van der Waals surface area contributed by atoms with Crippen molar-refractivity contribution in [3.8, 4) is 11.5 Å². The van der Waals surface area contributed by atoms with Crippen LogP contribution in [0.5, 0.6) is 0 Å². The van der Waals surface area contributed by atoms with Crippen LogP contribution < -0.4 is 16.0 Å². The number of anilines is 3. The summed E-state index contributed by atoms with van der Waals surface area (Å²) in [6, 6.07) is 2.74. The van der Waals surface area contributed by atoms with Gasteiger partial charge in [0.2, 0.25) is 0 Å². The lowest BCUT2D eigenvalue weighted by atomic mass is 10.2. The minimum Gasteiger partial charge on any atom is -0.373 e. The van der Waals surface area contributed by atoms with Crippen LogP contribution in [0.25, 0.3) is 11.5 Å². The highest BCUT2D eigenvalue weighted by molar-refractivity contribution is 7.13. The highest BCUT2D eigenvalue weighted by Gasteiger charge is 2.19. The molecule has 12 nitrogen and oxygen atoms in total. The number of thiazole rings is 1. The molecule has 0 radical (unpaired) electrons. The van der Waals surface area contributed by atoms with Crippen LogP contribution in [0.3, 0.4) is 0 Å². The van der Waals surface area contributed by atoms with Gasteiger partial charge in [-0.15, -0.1) is 11.3 Å². The van der Waals surface area contributed by atoms with Crippen molar-refractivity contribution in [1.29, 1.82) is 5.41 Å². The van der Waals surface area contributed by atoms with Crippen LogP contribution in [0.2, 0.25) is 0 Å². The smallest absolute Gasteiger partial charge is 0.270 e. The number of rotatable bonds is 8. The van der Waals surface area contributed by atoms with Crippen molar-refractivity contribution in [2.75, 3.05) is 17.7 Å². The number of amides is 1. The number of aromatic amines is 1. The van der Waals surface area contributed by atoms with Gasteiger partial charge >= 0.3 is 0 Å². The SMILES string of the molecule is CNc1[nH]c(-c2cc([C@@H](C)NC(=O)c3cc(Nc4nccs4)ncn3)on2)nc1C=N. The van der Waals surface area contributed by atoms with E-state index in [0.717, 1.165) is 6.21 Å². The minimum atomic E-state index is -0.472. The maximum Gasteiger partial charge on any atom is 0.270 e. The molecule has 0 aliphatic rings. The van der Waals surface area contributed by atoms with Gasteiger partial charge < -0.3 is 30.9 Å². The van der Waals surface area contributed by atoms with Crippen molar-refractivity contribution in [1.82, 2.24) is 35.4 Å². The lowest BCUT2D eigenvalue weighted by Crippen LogP contribution is -2.27. The third-order valence-electron chi connectivity index (χ3n) is 4.23. The predicted molar refractivity (Wildman–Crippen MR) is 115 cm³/mol. The molecule has 0 aliphatic heterocycles. The Balaban J connectivity index is 1.45. The lowest BCUT2D eigenvalue weighted by molar-refractivity contribution is 0.0928. The van der Waals surface area contributed by atoms with E-state index >= 15 is 0 Å². The molecule has 4 aromatic heterocycles. The molecule has 0 bridgehead atoms. The molecule has 0 aliphatic carbocycles. The maximum atomic E-state index is 12.6. The third-order valence-corrected chi connectivity index (χ3v) is 4.92. The number of carbonyl (C=O) groups is 1. The Kier molecular flexibility index (Phi) is 5.66. The summed E-state index contributed by atoms with van der Waals surface area (Å²) >= 11 is 1.42. The summed E-state index contributed by atoms with van der Waals surface area (Å²) in [7, 11) is 1.72. The summed E-state index contributed by atoms with van der Waals surface area (Å²) < 4.78 is 5.37. The van der Waals surface area contributed by atoms with Crippen LogP contribution in [0.1, 0.15) is 34.9 Å². The van der Waals surface area contributed by atoms with E-state index in [4.69, 9.17) is 9.93 Å². The topological polar surface area (TPSA) is 170 Å². The van der Waals surface area contributed by atoms with Crippen molar-refractivity contribution in [2.45, 2.75) is 13.0 Å². The fraction of sp³-hybridized carbons (Fsp3) is 0.167. The summed E-state index contributed by atoms with van der Waals surface area (Å²) in [5.74, 6) is 1.56. The fourth-order valence-electron chi connectivity index (χ4n) is 2.69. The minimum absolute atomic E-state index is 0.195. The van der Waals surface area contributed by atoms with Gasteiger partial charge in [-0.3, -0.25) is 4.79 Å². The van der Waals surface area contributed by atoms with E-state index in [0.29, 0.717) is 39.7 Å². The van der Waals surface area contributed by atoms with Crippen LogP contribution >= 0.6 is 11.3 Å². The Morgan fingerprint density at radius 2 is 2.19 bits per heavy atom. The van der Waals surface area contributed by atoms with Gasteiger partial charge in [-0.2, -0.15) is 0 Å². The maximum absolute atomic E-state index is 12.6. The third kappa shape index (κ3) is 4.40. The zero-order chi connectivity index (χ0) is 21.8. The molecule has 0 saturated carbocycles. The monoisotopic (exact) mass is 438 g/mol. The van der Waals surface area contributed by atoms with E-state index in [1.807, 2.05) is 5.38 Å². The first-order valence-corrected chi connectivity index (χ1v) is 10.00. The van der Waals surface area contributed by atoms with E-state index in [-0.39, 0.29) is 5.69 Å². The molecular weight excluding hydrogens is 420 g/mol. The van der Waals surface area contributed by atoms with E-state index in [9.17, 15) is 4.79 Å². The molecule has 5 N–H and O–H groups in total. The first-order chi connectivity index (χ1) is 15.1. The number of hydrogen-bond acceptors (Lipinski definition) is 11. The van der Waals surface area contributed by atoms with Gasteiger partial charge in [0.05, 0.1) is 6.04 Å². The normalized spacial score (nSPS) is 11.7. The fourth-order valence-corrected chi connectivity index (χ4v) is 3.23. The summed E-state index contributed by atoms with van der Waals surface area (Å²) in [5.41, 5.74) is 1.10. The molecule has 13 heteroatoms. The molecule has 0 fully saturated rings. The first kappa shape index (κ1) is 20.2. The van der Waals surface area contributed by atoms with Gasteiger partial charge in [0.25, 0.3) is 5.91 Å². The molecule has 4 heterocycles. The summed E-state index contributed by atoms with van der Waals surface area (Å²) in [5, 5.41) is 22.7. The van der Waals surface area contributed by atoms with Crippen molar-refractivity contribution >= 4 is 40.2 Å². The molecule has 0 unspecified atom stereocenters. The van der Waals surface area contributed by atoms with Crippen LogP contribution in [0.15, 0.2) is 34.6 Å². The second-order valence-corrected chi connectivity index (χ2v) is 7.19.